The number of nitrogens with zero attached hydrogens (tertiary/aromatic N) is 4. The number of carbonyl (C=O) groups excluding carboxylic acids is 1. The van der Waals surface area contributed by atoms with Crippen LogP contribution < -0.4 is 0 Å². The first-order chi connectivity index (χ1) is 13.7. The second-order valence-electron chi connectivity index (χ2n) is 7.19. The summed E-state index contributed by atoms with van der Waals surface area (Å²) in [6, 6.07) is 5.87. The summed E-state index contributed by atoms with van der Waals surface area (Å²) in [5.74, 6) is -0.906. The van der Waals surface area contributed by atoms with Gasteiger partial charge in [-0.3, -0.25) is 4.79 Å². The number of benzene rings is 1. The van der Waals surface area contributed by atoms with Crippen molar-refractivity contribution in [1.82, 2.24) is 19.5 Å². The van der Waals surface area contributed by atoms with Gasteiger partial charge in [-0.1, -0.05) is 0 Å². The van der Waals surface area contributed by atoms with Crippen LogP contribution in [0.1, 0.15) is 42.2 Å². The monoisotopic (exact) mass is 406 g/mol. The molecule has 0 N–H and O–H groups in total. The van der Waals surface area contributed by atoms with Crippen LogP contribution >= 0.6 is 0 Å². The highest BCUT2D eigenvalue weighted by Gasteiger charge is 2.36. The lowest BCUT2D eigenvalue weighted by Crippen LogP contribution is -2.42. The van der Waals surface area contributed by atoms with Crippen LogP contribution in [0.4, 0.5) is 17.6 Å². The molecule has 3 heterocycles. The van der Waals surface area contributed by atoms with E-state index in [-0.39, 0.29) is 17.4 Å². The number of imidazole rings is 1. The van der Waals surface area contributed by atoms with Crippen LogP contribution in [0, 0.1) is 5.82 Å². The Morgan fingerprint density at radius 3 is 2.55 bits per heavy atom. The van der Waals surface area contributed by atoms with E-state index in [2.05, 4.69) is 10.1 Å². The van der Waals surface area contributed by atoms with Gasteiger partial charge >= 0.3 is 6.18 Å². The summed E-state index contributed by atoms with van der Waals surface area (Å²) in [7, 11) is 0. The molecule has 29 heavy (non-hydrogen) atoms. The van der Waals surface area contributed by atoms with Gasteiger partial charge in [0.05, 0.1) is 11.9 Å². The van der Waals surface area contributed by atoms with Crippen LogP contribution in [0.2, 0.25) is 0 Å². The van der Waals surface area contributed by atoms with E-state index in [9.17, 15) is 22.4 Å². The second-order valence-corrected chi connectivity index (χ2v) is 7.19. The Balaban J connectivity index is 1.82. The van der Waals surface area contributed by atoms with Crippen molar-refractivity contribution in [3.8, 4) is 11.3 Å². The number of hydrogen-bond donors (Lipinski definition) is 0. The van der Waals surface area contributed by atoms with Crippen LogP contribution in [0.25, 0.3) is 16.9 Å². The van der Waals surface area contributed by atoms with E-state index < -0.39 is 29.1 Å². The minimum Gasteiger partial charge on any atom is -0.335 e. The molecule has 0 bridgehead atoms. The minimum absolute atomic E-state index is 0.00545. The maximum Gasteiger partial charge on any atom is 0.420 e. The van der Waals surface area contributed by atoms with Crippen molar-refractivity contribution in [1.29, 1.82) is 0 Å². The van der Waals surface area contributed by atoms with E-state index in [1.54, 1.807) is 4.90 Å². The fourth-order valence-electron chi connectivity index (χ4n) is 3.60. The van der Waals surface area contributed by atoms with Crippen LogP contribution in [-0.4, -0.2) is 38.0 Å². The van der Waals surface area contributed by atoms with Gasteiger partial charge in [-0.15, -0.1) is 0 Å². The first kappa shape index (κ1) is 19.4. The lowest BCUT2D eigenvalue weighted by molar-refractivity contribution is -0.136. The van der Waals surface area contributed by atoms with Crippen molar-refractivity contribution >= 4 is 11.6 Å². The molecule has 4 rings (SSSR count). The molecule has 5 nitrogen and oxygen atoms in total. The van der Waals surface area contributed by atoms with E-state index in [1.165, 1.54) is 18.3 Å². The molecular formula is C20H18F4N4O. The van der Waals surface area contributed by atoms with E-state index >= 15 is 0 Å². The lowest BCUT2D eigenvalue weighted by atomic mass is 10.0. The first-order valence-corrected chi connectivity index (χ1v) is 9.28. The van der Waals surface area contributed by atoms with E-state index in [1.807, 2.05) is 6.92 Å². The Kier molecular flexibility index (Phi) is 4.76. The van der Waals surface area contributed by atoms with Crippen molar-refractivity contribution in [2.45, 2.75) is 38.4 Å². The predicted molar refractivity (Wildman–Crippen MR) is 97.7 cm³/mol. The van der Waals surface area contributed by atoms with Gasteiger partial charge in [-0.05, 0) is 56.5 Å². The molecule has 1 unspecified atom stereocenters. The normalized spacial score (nSPS) is 17.7. The largest absolute Gasteiger partial charge is 0.420 e. The Labute approximate surface area is 164 Å². The fraction of sp³-hybridized carbons (Fsp3) is 0.350. The Morgan fingerprint density at radius 1 is 1.17 bits per heavy atom. The molecule has 0 spiro atoms. The van der Waals surface area contributed by atoms with Gasteiger partial charge < -0.3 is 4.90 Å². The standard InChI is InChI=1S/C20H18F4N4O/c1-12-4-2-3-9-27(12)19(29)17-11-28-18(25-17)15(20(22,23)24)10-16(26-28)13-5-7-14(21)8-6-13/h5-8,10-12H,2-4,9H2,1H3. The zero-order chi connectivity index (χ0) is 20.8. The smallest absolute Gasteiger partial charge is 0.335 e. The third-order valence-electron chi connectivity index (χ3n) is 5.15. The number of fused-ring (bicyclic) bond motifs is 1. The summed E-state index contributed by atoms with van der Waals surface area (Å²) >= 11 is 0. The number of likely N-dealkylation sites (tertiary alicyclic amines) is 1. The van der Waals surface area contributed by atoms with Gasteiger partial charge in [-0.2, -0.15) is 18.3 Å². The predicted octanol–water partition coefficient (Wildman–Crippen LogP) is 4.57. The molecule has 0 aliphatic carbocycles. The highest BCUT2D eigenvalue weighted by Crippen LogP contribution is 2.34. The number of halogens is 4. The molecule has 1 aromatic carbocycles. The van der Waals surface area contributed by atoms with Crippen LogP contribution in [0.5, 0.6) is 0 Å². The summed E-state index contributed by atoms with van der Waals surface area (Å²) in [4.78, 5) is 18.4. The average molecular weight is 406 g/mol. The number of piperidine rings is 1. The van der Waals surface area contributed by atoms with Gasteiger partial charge in [0.2, 0.25) is 0 Å². The van der Waals surface area contributed by atoms with Gasteiger partial charge in [-0.25, -0.2) is 13.9 Å². The molecule has 152 valence electrons. The molecule has 3 aromatic rings. The number of hydrogen-bond acceptors (Lipinski definition) is 3. The Hall–Kier alpha value is -2.97. The zero-order valence-electron chi connectivity index (χ0n) is 15.6. The Bertz CT molecular complexity index is 1060. The van der Waals surface area contributed by atoms with Crippen molar-refractivity contribution in [3.63, 3.8) is 0 Å². The summed E-state index contributed by atoms with van der Waals surface area (Å²) in [6.07, 6.45) is -0.759. The van der Waals surface area contributed by atoms with E-state index in [0.717, 1.165) is 42.0 Å². The highest BCUT2D eigenvalue weighted by molar-refractivity contribution is 5.93. The van der Waals surface area contributed by atoms with Crippen molar-refractivity contribution in [2.24, 2.45) is 0 Å². The Morgan fingerprint density at radius 2 is 1.90 bits per heavy atom. The van der Waals surface area contributed by atoms with Crippen LogP contribution in [-0.2, 0) is 6.18 Å². The van der Waals surface area contributed by atoms with Crippen molar-refractivity contribution in [2.75, 3.05) is 6.54 Å². The highest BCUT2D eigenvalue weighted by atomic mass is 19.4. The minimum atomic E-state index is -4.69. The van der Waals surface area contributed by atoms with Gasteiger partial charge in [0, 0.05) is 18.2 Å². The van der Waals surface area contributed by atoms with Crippen molar-refractivity contribution in [3.05, 3.63) is 53.6 Å². The molecule has 0 saturated carbocycles. The average Bonchev–Trinajstić information content (AvgIpc) is 3.11. The SMILES string of the molecule is CC1CCCCN1C(=O)c1cn2nc(-c3ccc(F)cc3)cc(C(F)(F)F)c2n1. The van der Waals surface area contributed by atoms with Crippen LogP contribution in [0.3, 0.4) is 0 Å². The molecule has 1 saturated heterocycles. The first-order valence-electron chi connectivity index (χ1n) is 9.28. The lowest BCUT2D eigenvalue weighted by Gasteiger charge is -2.32. The third kappa shape index (κ3) is 3.68. The van der Waals surface area contributed by atoms with Gasteiger partial charge in [0.1, 0.15) is 17.1 Å². The third-order valence-corrected chi connectivity index (χ3v) is 5.15. The van der Waals surface area contributed by atoms with Crippen LogP contribution in [0.15, 0.2) is 36.5 Å². The molecule has 1 aliphatic heterocycles. The summed E-state index contributed by atoms with van der Waals surface area (Å²) in [6.45, 7) is 2.47. The summed E-state index contributed by atoms with van der Waals surface area (Å²) in [5.41, 5.74) is -1.18. The number of amides is 1. The summed E-state index contributed by atoms with van der Waals surface area (Å²) < 4.78 is 55.1. The zero-order valence-corrected chi connectivity index (χ0v) is 15.6. The molecular weight excluding hydrogens is 388 g/mol. The molecule has 1 fully saturated rings. The number of rotatable bonds is 2. The molecule has 9 heteroatoms. The number of aromatic nitrogens is 3. The number of carbonyl (C=O) groups is 1. The maximum absolute atomic E-state index is 13.7. The molecule has 1 aliphatic rings. The molecule has 1 atom stereocenters. The molecule has 1 amide bonds. The topological polar surface area (TPSA) is 50.5 Å². The van der Waals surface area contributed by atoms with E-state index in [4.69, 9.17) is 0 Å². The van der Waals surface area contributed by atoms with E-state index in [0.29, 0.717) is 12.1 Å². The van der Waals surface area contributed by atoms with Gasteiger partial charge in [0.15, 0.2) is 5.65 Å². The maximum atomic E-state index is 13.7. The fourth-order valence-corrected chi connectivity index (χ4v) is 3.60. The van der Waals surface area contributed by atoms with Crippen molar-refractivity contribution < 1.29 is 22.4 Å². The molecule has 2 aromatic heterocycles. The summed E-state index contributed by atoms with van der Waals surface area (Å²) in [5, 5.41) is 4.18. The number of alkyl halides is 3. The second kappa shape index (κ2) is 7.13. The van der Waals surface area contributed by atoms with Gasteiger partial charge in [0.25, 0.3) is 5.91 Å². The quantitative estimate of drug-likeness (QED) is 0.586. The molecule has 0 radical (unpaired) electrons.